The highest BCUT2D eigenvalue weighted by Crippen LogP contribution is 2.32. The smallest absolute Gasteiger partial charge is 0.255 e. The lowest BCUT2D eigenvalue weighted by molar-refractivity contribution is 0.0949. The van der Waals surface area contributed by atoms with Gasteiger partial charge in [-0.3, -0.25) is 4.79 Å². The summed E-state index contributed by atoms with van der Waals surface area (Å²) in [4.78, 5) is 27.1. The summed E-state index contributed by atoms with van der Waals surface area (Å²) in [6.45, 7) is 6.34. The Hall–Kier alpha value is -2.60. The first-order chi connectivity index (χ1) is 13.0. The van der Waals surface area contributed by atoms with Crippen LogP contribution in [-0.4, -0.2) is 40.5 Å². The molecule has 2 N–H and O–H groups in total. The van der Waals surface area contributed by atoms with E-state index in [1.165, 1.54) is 0 Å². The lowest BCUT2D eigenvalue weighted by atomic mass is 9.98. The highest BCUT2D eigenvalue weighted by atomic mass is 35.5. The Morgan fingerprint density at radius 3 is 2.96 bits per heavy atom. The van der Waals surface area contributed by atoms with Gasteiger partial charge in [-0.15, -0.1) is 0 Å². The van der Waals surface area contributed by atoms with Gasteiger partial charge in [-0.25, -0.2) is 9.97 Å². The zero-order valence-electron chi connectivity index (χ0n) is 15.4. The van der Waals surface area contributed by atoms with Crippen LogP contribution in [0.1, 0.15) is 35.9 Å². The molecule has 1 fully saturated rings. The zero-order chi connectivity index (χ0) is 19.0. The number of imidazole rings is 1. The molecule has 1 saturated heterocycles. The van der Waals surface area contributed by atoms with Gasteiger partial charge in [0.15, 0.2) is 0 Å². The average molecular weight is 384 g/mol. The third-order valence-electron chi connectivity index (χ3n) is 4.73. The van der Waals surface area contributed by atoms with Crippen molar-refractivity contribution in [1.82, 2.24) is 20.3 Å². The number of carbonyl (C=O) groups is 1. The van der Waals surface area contributed by atoms with Gasteiger partial charge in [-0.05, 0) is 36.2 Å². The van der Waals surface area contributed by atoms with E-state index in [1.807, 2.05) is 24.3 Å². The molecular formula is C20H22ClN5O. The van der Waals surface area contributed by atoms with Crippen molar-refractivity contribution >= 4 is 34.4 Å². The number of pyridine rings is 1. The maximum absolute atomic E-state index is 12.5. The maximum Gasteiger partial charge on any atom is 0.255 e. The highest BCUT2D eigenvalue weighted by Gasteiger charge is 2.33. The molecule has 0 spiro atoms. The molecule has 0 bridgehead atoms. The zero-order valence-corrected chi connectivity index (χ0v) is 16.1. The van der Waals surface area contributed by atoms with Crippen LogP contribution in [0.4, 0.5) is 5.82 Å². The Labute approximate surface area is 163 Å². The summed E-state index contributed by atoms with van der Waals surface area (Å²) >= 11 is 6.04. The number of hydrogen-bond donors (Lipinski definition) is 2. The first kappa shape index (κ1) is 17.8. The first-order valence-electron chi connectivity index (χ1n) is 9.14. The monoisotopic (exact) mass is 383 g/mol. The topological polar surface area (TPSA) is 73.9 Å². The molecule has 1 aromatic carbocycles. The molecule has 1 aliphatic rings. The lowest BCUT2D eigenvalue weighted by Gasteiger charge is -2.39. The molecule has 0 unspecified atom stereocenters. The summed E-state index contributed by atoms with van der Waals surface area (Å²) in [7, 11) is 0. The van der Waals surface area contributed by atoms with Crippen molar-refractivity contribution in [2.75, 3.05) is 24.5 Å². The van der Waals surface area contributed by atoms with Gasteiger partial charge in [0.1, 0.15) is 11.6 Å². The van der Waals surface area contributed by atoms with Crippen molar-refractivity contribution in [1.29, 1.82) is 0 Å². The molecule has 1 aliphatic heterocycles. The number of rotatable bonds is 5. The minimum absolute atomic E-state index is 0.0753. The quantitative estimate of drug-likeness (QED) is 0.706. The van der Waals surface area contributed by atoms with Crippen molar-refractivity contribution in [3.63, 3.8) is 0 Å². The van der Waals surface area contributed by atoms with Gasteiger partial charge in [0, 0.05) is 30.9 Å². The van der Waals surface area contributed by atoms with Gasteiger partial charge in [0.25, 0.3) is 5.91 Å². The van der Waals surface area contributed by atoms with Gasteiger partial charge in [-0.1, -0.05) is 25.4 Å². The molecule has 140 valence electrons. The average Bonchev–Trinajstić information content (AvgIpc) is 3.01. The van der Waals surface area contributed by atoms with E-state index in [1.54, 1.807) is 12.3 Å². The van der Waals surface area contributed by atoms with Crippen LogP contribution >= 0.6 is 11.6 Å². The summed E-state index contributed by atoms with van der Waals surface area (Å²) in [5.41, 5.74) is 2.48. The summed E-state index contributed by atoms with van der Waals surface area (Å²) in [5, 5.41) is 3.65. The minimum atomic E-state index is -0.0753. The molecule has 0 radical (unpaired) electrons. The van der Waals surface area contributed by atoms with Gasteiger partial charge < -0.3 is 15.2 Å². The van der Waals surface area contributed by atoms with E-state index in [4.69, 9.17) is 11.6 Å². The Morgan fingerprint density at radius 2 is 2.19 bits per heavy atom. The largest absolute Gasteiger partial charge is 0.354 e. The van der Waals surface area contributed by atoms with Crippen LogP contribution in [0.2, 0.25) is 5.02 Å². The van der Waals surface area contributed by atoms with Gasteiger partial charge >= 0.3 is 0 Å². The number of halogens is 1. The third kappa shape index (κ3) is 3.62. The Morgan fingerprint density at radius 1 is 1.37 bits per heavy atom. The maximum atomic E-state index is 12.5. The van der Waals surface area contributed by atoms with E-state index in [-0.39, 0.29) is 11.8 Å². The van der Waals surface area contributed by atoms with E-state index in [9.17, 15) is 4.79 Å². The number of anilines is 1. The number of aromatic nitrogens is 3. The van der Waals surface area contributed by atoms with Crippen LogP contribution in [-0.2, 0) is 0 Å². The lowest BCUT2D eigenvalue weighted by Crippen LogP contribution is -2.47. The second-order valence-corrected chi connectivity index (χ2v) is 7.80. The fourth-order valence-electron chi connectivity index (χ4n) is 3.23. The van der Waals surface area contributed by atoms with Crippen molar-refractivity contribution in [3.8, 4) is 0 Å². The molecule has 2 aromatic heterocycles. The minimum Gasteiger partial charge on any atom is -0.354 e. The van der Waals surface area contributed by atoms with E-state index in [0.29, 0.717) is 23.0 Å². The number of aromatic amines is 1. The number of H-pyrrole nitrogens is 1. The van der Waals surface area contributed by atoms with Crippen LogP contribution in [0.25, 0.3) is 11.0 Å². The van der Waals surface area contributed by atoms with Crippen molar-refractivity contribution in [2.24, 2.45) is 5.92 Å². The summed E-state index contributed by atoms with van der Waals surface area (Å²) in [6.07, 6.45) is 1.73. The SMILES string of the molecule is CC(C)CNC(=O)c1cccnc1N1CC(c2nc3cc(Cl)ccc3[nH]2)C1. The van der Waals surface area contributed by atoms with E-state index in [0.717, 1.165) is 35.8 Å². The van der Waals surface area contributed by atoms with Crippen LogP contribution in [0.15, 0.2) is 36.5 Å². The molecule has 0 atom stereocenters. The standard InChI is InChI=1S/C20H22ClN5O/c1-12(2)9-23-20(27)15-4-3-7-22-19(15)26-10-13(11-26)18-24-16-6-5-14(21)8-17(16)25-18/h3-8,12-13H,9-11H2,1-2H3,(H,23,27)(H,24,25). The van der Waals surface area contributed by atoms with Crippen molar-refractivity contribution in [2.45, 2.75) is 19.8 Å². The van der Waals surface area contributed by atoms with Crippen molar-refractivity contribution < 1.29 is 4.79 Å². The number of nitrogens with zero attached hydrogens (tertiary/aromatic N) is 3. The Bertz CT molecular complexity index is 977. The Balaban J connectivity index is 1.48. The predicted octanol–water partition coefficient (Wildman–Crippen LogP) is 3.60. The van der Waals surface area contributed by atoms with E-state index >= 15 is 0 Å². The number of hydrogen-bond acceptors (Lipinski definition) is 4. The number of amides is 1. The number of carbonyl (C=O) groups excluding carboxylic acids is 1. The summed E-state index contributed by atoms with van der Waals surface area (Å²) in [5.74, 6) is 2.29. The number of nitrogens with one attached hydrogen (secondary N) is 2. The summed E-state index contributed by atoms with van der Waals surface area (Å²) in [6, 6.07) is 9.29. The molecule has 3 heterocycles. The first-order valence-corrected chi connectivity index (χ1v) is 9.52. The van der Waals surface area contributed by atoms with Gasteiger partial charge in [0.05, 0.1) is 22.5 Å². The van der Waals surface area contributed by atoms with Crippen LogP contribution in [0.5, 0.6) is 0 Å². The third-order valence-corrected chi connectivity index (χ3v) is 4.97. The van der Waals surface area contributed by atoms with Crippen LogP contribution in [0.3, 0.4) is 0 Å². The molecule has 1 amide bonds. The molecular weight excluding hydrogens is 362 g/mol. The van der Waals surface area contributed by atoms with E-state index in [2.05, 4.69) is 39.0 Å². The van der Waals surface area contributed by atoms with Crippen LogP contribution < -0.4 is 10.2 Å². The number of benzene rings is 1. The molecule has 0 aliphatic carbocycles. The molecule has 3 aromatic rings. The Kier molecular flexibility index (Phi) is 4.74. The summed E-state index contributed by atoms with van der Waals surface area (Å²) < 4.78 is 0. The second-order valence-electron chi connectivity index (χ2n) is 7.36. The molecule has 4 rings (SSSR count). The van der Waals surface area contributed by atoms with Gasteiger partial charge in [-0.2, -0.15) is 0 Å². The van der Waals surface area contributed by atoms with E-state index < -0.39 is 0 Å². The molecule has 7 heteroatoms. The predicted molar refractivity (Wildman–Crippen MR) is 107 cm³/mol. The van der Waals surface area contributed by atoms with Crippen LogP contribution in [0, 0.1) is 5.92 Å². The molecule has 27 heavy (non-hydrogen) atoms. The van der Waals surface area contributed by atoms with Gasteiger partial charge in [0.2, 0.25) is 0 Å². The van der Waals surface area contributed by atoms with Crippen molar-refractivity contribution in [3.05, 3.63) is 52.9 Å². The fourth-order valence-corrected chi connectivity index (χ4v) is 3.40. The normalized spacial score (nSPS) is 14.6. The second kappa shape index (κ2) is 7.19. The fraction of sp³-hybridized carbons (Fsp3) is 0.350. The highest BCUT2D eigenvalue weighted by molar-refractivity contribution is 6.31. The molecule has 6 nitrogen and oxygen atoms in total. The number of fused-ring (bicyclic) bond motifs is 1. The molecule has 0 saturated carbocycles.